The number of anilines is 1. The first-order valence-corrected chi connectivity index (χ1v) is 11.3. The average Bonchev–Trinajstić information content (AvgIpc) is 3.11. The number of fused-ring (bicyclic) bond motifs is 1. The van der Waals surface area contributed by atoms with Crippen molar-refractivity contribution in [2.75, 3.05) is 11.9 Å². The second-order valence-corrected chi connectivity index (χ2v) is 8.97. The number of carbonyl (C=O) groups is 2. The summed E-state index contributed by atoms with van der Waals surface area (Å²) in [5.74, 6) is 0.324. The predicted molar refractivity (Wildman–Crippen MR) is 122 cm³/mol. The zero-order valence-corrected chi connectivity index (χ0v) is 17.9. The summed E-state index contributed by atoms with van der Waals surface area (Å²) < 4.78 is 0. The molecule has 0 fully saturated rings. The van der Waals surface area contributed by atoms with Crippen molar-refractivity contribution < 1.29 is 9.59 Å². The lowest BCUT2D eigenvalue weighted by atomic mass is 9.88. The van der Waals surface area contributed by atoms with Crippen molar-refractivity contribution in [3.05, 3.63) is 87.8 Å². The molecule has 2 N–H and O–H groups in total. The molecule has 0 spiro atoms. The van der Waals surface area contributed by atoms with Crippen LogP contribution in [0.1, 0.15) is 50.1 Å². The number of rotatable bonds is 6. The van der Waals surface area contributed by atoms with Crippen LogP contribution in [0.5, 0.6) is 0 Å². The third-order valence-electron chi connectivity index (χ3n) is 5.54. The van der Waals surface area contributed by atoms with Gasteiger partial charge in [-0.05, 0) is 54.9 Å². The van der Waals surface area contributed by atoms with Crippen LogP contribution in [0.3, 0.4) is 0 Å². The van der Waals surface area contributed by atoms with Gasteiger partial charge in [-0.2, -0.15) is 0 Å². The summed E-state index contributed by atoms with van der Waals surface area (Å²) in [5, 5.41) is 6.74. The number of thiophene rings is 1. The lowest BCUT2D eigenvalue weighted by Gasteiger charge is -2.18. The van der Waals surface area contributed by atoms with Gasteiger partial charge in [-0.15, -0.1) is 11.3 Å². The molecule has 0 unspecified atom stereocenters. The number of hydrogen-bond acceptors (Lipinski definition) is 3. The molecule has 0 aliphatic heterocycles. The Labute approximate surface area is 181 Å². The summed E-state index contributed by atoms with van der Waals surface area (Å²) in [6.07, 6.45) is 3.70. The van der Waals surface area contributed by atoms with Crippen LogP contribution in [-0.2, 0) is 19.3 Å². The van der Waals surface area contributed by atoms with Gasteiger partial charge in [0.05, 0.1) is 5.56 Å². The molecule has 1 aromatic heterocycles. The van der Waals surface area contributed by atoms with E-state index < -0.39 is 0 Å². The van der Waals surface area contributed by atoms with Crippen LogP contribution in [-0.4, -0.2) is 18.4 Å². The van der Waals surface area contributed by atoms with Crippen LogP contribution in [0, 0.1) is 5.92 Å². The zero-order valence-electron chi connectivity index (χ0n) is 17.1. The molecule has 1 atom stereocenters. The topological polar surface area (TPSA) is 58.2 Å². The van der Waals surface area contributed by atoms with E-state index in [1.165, 1.54) is 10.4 Å². The van der Waals surface area contributed by atoms with Gasteiger partial charge in [-0.25, -0.2) is 0 Å². The molecular weight excluding hydrogens is 392 g/mol. The van der Waals surface area contributed by atoms with E-state index in [4.69, 9.17) is 0 Å². The van der Waals surface area contributed by atoms with Crippen LogP contribution >= 0.6 is 11.3 Å². The summed E-state index contributed by atoms with van der Waals surface area (Å²) in [4.78, 5) is 27.1. The molecule has 0 radical (unpaired) electrons. The molecule has 2 aromatic carbocycles. The Bertz CT molecular complexity index is 1030. The Kier molecular flexibility index (Phi) is 6.29. The Morgan fingerprint density at radius 3 is 2.43 bits per heavy atom. The van der Waals surface area contributed by atoms with Crippen LogP contribution in [0.15, 0.2) is 60.7 Å². The van der Waals surface area contributed by atoms with Gasteiger partial charge in [-0.3, -0.25) is 9.59 Å². The minimum atomic E-state index is -0.180. The number of carbonyl (C=O) groups excluding carboxylic acids is 2. The van der Waals surface area contributed by atoms with Crippen molar-refractivity contribution >= 4 is 28.2 Å². The van der Waals surface area contributed by atoms with Crippen LogP contribution in [0.25, 0.3) is 0 Å². The Balaban J connectivity index is 1.54. The fraction of sp³-hybridized carbons (Fsp3) is 0.280. The van der Waals surface area contributed by atoms with Gasteiger partial charge in [0, 0.05) is 17.0 Å². The van der Waals surface area contributed by atoms with Gasteiger partial charge in [-0.1, -0.05) is 55.5 Å². The van der Waals surface area contributed by atoms with Crippen molar-refractivity contribution in [1.29, 1.82) is 0 Å². The summed E-state index contributed by atoms with van der Waals surface area (Å²) in [7, 11) is 0. The Hall–Kier alpha value is -2.92. The molecule has 4 rings (SSSR count). The minimum absolute atomic E-state index is 0.0960. The second-order valence-electron chi connectivity index (χ2n) is 7.87. The van der Waals surface area contributed by atoms with Crippen LogP contribution < -0.4 is 10.6 Å². The lowest BCUT2D eigenvalue weighted by molar-refractivity contribution is 0.0954. The normalized spacial score (nSPS) is 15.3. The van der Waals surface area contributed by atoms with Crippen molar-refractivity contribution in [2.24, 2.45) is 5.92 Å². The van der Waals surface area contributed by atoms with E-state index in [0.717, 1.165) is 31.2 Å². The fourth-order valence-corrected chi connectivity index (χ4v) is 5.30. The highest BCUT2D eigenvalue weighted by atomic mass is 32.1. The Morgan fingerprint density at radius 2 is 1.70 bits per heavy atom. The van der Waals surface area contributed by atoms with Crippen molar-refractivity contribution in [3.63, 3.8) is 0 Å². The molecule has 1 heterocycles. The summed E-state index contributed by atoms with van der Waals surface area (Å²) >= 11 is 1.55. The van der Waals surface area contributed by atoms with Crippen LogP contribution in [0.4, 0.5) is 5.00 Å². The number of benzene rings is 2. The summed E-state index contributed by atoms with van der Waals surface area (Å²) in [5.41, 5.74) is 3.54. The molecular formula is C25H26N2O2S. The number of nitrogens with one attached hydrogen (secondary N) is 2. The first-order valence-electron chi connectivity index (χ1n) is 10.4. The zero-order chi connectivity index (χ0) is 20.9. The molecule has 30 heavy (non-hydrogen) atoms. The molecule has 5 heteroatoms. The molecule has 4 nitrogen and oxygen atoms in total. The first-order chi connectivity index (χ1) is 14.6. The van der Waals surface area contributed by atoms with E-state index in [1.54, 1.807) is 23.5 Å². The quantitative estimate of drug-likeness (QED) is 0.585. The monoisotopic (exact) mass is 418 g/mol. The predicted octanol–water partition coefficient (Wildman–Crippen LogP) is 5.10. The van der Waals surface area contributed by atoms with Crippen molar-refractivity contribution in [2.45, 2.75) is 32.6 Å². The summed E-state index contributed by atoms with van der Waals surface area (Å²) in [6, 6.07) is 19.2. The van der Waals surface area contributed by atoms with E-state index in [2.05, 4.69) is 29.7 Å². The maximum absolute atomic E-state index is 13.1. The fourth-order valence-electron chi connectivity index (χ4n) is 3.90. The summed E-state index contributed by atoms with van der Waals surface area (Å²) in [6.45, 7) is 2.81. The van der Waals surface area contributed by atoms with Crippen LogP contribution in [0.2, 0.25) is 0 Å². The largest absolute Gasteiger partial charge is 0.352 e. The SMILES string of the molecule is C[C@@H]1CCc2c(sc(NC(=O)c3ccccc3)c2C(=O)NCCc2ccccc2)C1. The number of hydrogen-bond donors (Lipinski definition) is 2. The Morgan fingerprint density at radius 1 is 1.00 bits per heavy atom. The van der Waals surface area contributed by atoms with Gasteiger partial charge in [0.15, 0.2) is 0 Å². The van der Waals surface area contributed by atoms with Crippen molar-refractivity contribution in [1.82, 2.24) is 5.32 Å². The van der Waals surface area contributed by atoms with E-state index in [9.17, 15) is 9.59 Å². The molecule has 154 valence electrons. The van der Waals surface area contributed by atoms with E-state index >= 15 is 0 Å². The standard InChI is InChI=1S/C25H26N2O2S/c1-17-12-13-20-21(16-17)30-25(27-23(28)19-10-6-3-7-11-19)22(20)24(29)26-15-14-18-8-4-2-5-9-18/h2-11,17H,12-16H2,1H3,(H,26,29)(H,27,28)/t17-/m1/s1. The molecule has 0 saturated heterocycles. The van der Waals surface area contributed by atoms with Gasteiger partial charge in [0.2, 0.25) is 0 Å². The highest BCUT2D eigenvalue weighted by Crippen LogP contribution is 2.39. The average molecular weight is 419 g/mol. The van der Waals surface area contributed by atoms with Gasteiger partial charge >= 0.3 is 0 Å². The smallest absolute Gasteiger partial charge is 0.256 e. The maximum atomic E-state index is 13.1. The third-order valence-corrected chi connectivity index (χ3v) is 6.71. The number of amides is 2. The molecule has 1 aliphatic carbocycles. The van der Waals surface area contributed by atoms with E-state index in [-0.39, 0.29) is 11.8 Å². The van der Waals surface area contributed by atoms with E-state index in [1.807, 2.05) is 36.4 Å². The van der Waals surface area contributed by atoms with Gasteiger partial charge in [0.1, 0.15) is 5.00 Å². The lowest BCUT2D eigenvalue weighted by Crippen LogP contribution is -2.28. The van der Waals surface area contributed by atoms with E-state index in [0.29, 0.717) is 28.6 Å². The first kappa shape index (κ1) is 20.4. The highest BCUT2D eigenvalue weighted by Gasteiger charge is 2.28. The molecule has 2 amide bonds. The molecule has 3 aromatic rings. The van der Waals surface area contributed by atoms with Crippen molar-refractivity contribution in [3.8, 4) is 0 Å². The minimum Gasteiger partial charge on any atom is -0.352 e. The van der Waals surface area contributed by atoms with Gasteiger partial charge in [0.25, 0.3) is 11.8 Å². The highest BCUT2D eigenvalue weighted by molar-refractivity contribution is 7.17. The molecule has 0 saturated carbocycles. The maximum Gasteiger partial charge on any atom is 0.256 e. The second kappa shape index (κ2) is 9.26. The van der Waals surface area contributed by atoms with Gasteiger partial charge < -0.3 is 10.6 Å². The molecule has 0 bridgehead atoms. The third kappa shape index (κ3) is 4.62. The molecule has 1 aliphatic rings.